The second-order valence-electron chi connectivity index (χ2n) is 6.53. The van der Waals surface area contributed by atoms with Crippen molar-refractivity contribution in [1.29, 1.82) is 0 Å². The molecular formula is C17H14F3N3O3. The van der Waals surface area contributed by atoms with Gasteiger partial charge in [-0.05, 0) is 49.9 Å². The third-order valence-electron chi connectivity index (χ3n) is 4.35. The number of halogens is 3. The van der Waals surface area contributed by atoms with E-state index in [9.17, 15) is 22.8 Å². The average molecular weight is 365 g/mol. The molecule has 9 heteroatoms. The molecule has 0 spiro atoms. The highest BCUT2D eigenvalue weighted by atomic mass is 19.4. The number of hydrogen-bond donors (Lipinski definition) is 0. The minimum Gasteiger partial charge on any atom is -0.329 e. The summed E-state index contributed by atoms with van der Waals surface area (Å²) in [5.41, 5.74) is 0.702. The second-order valence-corrected chi connectivity index (χ2v) is 6.53. The minimum atomic E-state index is -4.71. The number of hydrogen-bond acceptors (Lipinski definition) is 5. The van der Waals surface area contributed by atoms with Crippen molar-refractivity contribution in [2.24, 2.45) is 11.8 Å². The smallest absolute Gasteiger partial charge is 0.329 e. The Morgan fingerprint density at radius 2 is 1.54 bits per heavy atom. The molecule has 6 nitrogen and oxygen atoms in total. The van der Waals surface area contributed by atoms with Crippen LogP contribution in [0.5, 0.6) is 0 Å². The highest BCUT2D eigenvalue weighted by Gasteiger charge is 2.42. The molecule has 1 aromatic heterocycles. The van der Waals surface area contributed by atoms with E-state index in [0.29, 0.717) is 11.3 Å². The Balaban J connectivity index is 1.60. The van der Waals surface area contributed by atoms with Gasteiger partial charge in [-0.15, -0.1) is 0 Å². The van der Waals surface area contributed by atoms with Crippen LogP contribution in [0.1, 0.15) is 31.6 Å². The van der Waals surface area contributed by atoms with Crippen LogP contribution in [0.25, 0.3) is 11.4 Å². The molecule has 2 aliphatic carbocycles. The van der Waals surface area contributed by atoms with Crippen LogP contribution in [0.15, 0.2) is 28.8 Å². The zero-order valence-corrected chi connectivity index (χ0v) is 13.5. The predicted octanol–water partition coefficient (Wildman–Crippen LogP) is 3.44. The summed E-state index contributed by atoms with van der Waals surface area (Å²) in [7, 11) is 0. The molecular weight excluding hydrogens is 351 g/mol. The Bertz CT molecular complexity index is 828. The maximum Gasteiger partial charge on any atom is 0.471 e. The van der Waals surface area contributed by atoms with Crippen molar-refractivity contribution < 1.29 is 27.3 Å². The third-order valence-corrected chi connectivity index (χ3v) is 4.35. The van der Waals surface area contributed by atoms with Crippen LogP contribution in [0.2, 0.25) is 0 Å². The zero-order chi connectivity index (χ0) is 18.5. The van der Waals surface area contributed by atoms with Gasteiger partial charge in [0.1, 0.15) is 0 Å². The summed E-state index contributed by atoms with van der Waals surface area (Å²) in [6.45, 7) is 0. The Kier molecular flexibility index (Phi) is 3.82. The van der Waals surface area contributed by atoms with Gasteiger partial charge in [0.25, 0.3) is 0 Å². The van der Waals surface area contributed by atoms with Crippen molar-refractivity contribution in [3.63, 3.8) is 0 Å². The molecule has 0 bridgehead atoms. The summed E-state index contributed by atoms with van der Waals surface area (Å²) in [5, 5.41) is 3.32. The molecule has 2 fully saturated rings. The van der Waals surface area contributed by atoms with Gasteiger partial charge in [-0.1, -0.05) is 5.16 Å². The maximum absolute atomic E-state index is 12.5. The van der Waals surface area contributed by atoms with Crippen LogP contribution in [0, 0.1) is 11.8 Å². The van der Waals surface area contributed by atoms with Crippen LogP contribution in [0.4, 0.5) is 18.9 Å². The lowest BCUT2D eigenvalue weighted by Crippen LogP contribution is -2.39. The molecule has 0 aliphatic heterocycles. The first kappa shape index (κ1) is 16.7. The SMILES string of the molecule is O=C(C1CC1)N(C(=O)C1CC1)c1ccc(-c2noc(C(F)(F)F)n2)cc1. The Morgan fingerprint density at radius 1 is 1.00 bits per heavy atom. The molecule has 1 heterocycles. The van der Waals surface area contributed by atoms with Gasteiger partial charge < -0.3 is 4.52 Å². The third kappa shape index (κ3) is 3.21. The van der Waals surface area contributed by atoms with Crippen molar-refractivity contribution in [2.45, 2.75) is 31.9 Å². The summed E-state index contributed by atoms with van der Waals surface area (Å²) in [5.74, 6) is -2.31. The van der Waals surface area contributed by atoms with E-state index in [-0.39, 0.29) is 29.5 Å². The van der Waals surface area contributed by atoms with Crippen molar-refractivity contribution in [2.75, 3.05) is 4.90 Å². The van der Waals surface area contributed by atoms with Gasteiger partial charge in [0, 0.05) is 17.4 Å². The number of alkyl halides is 3. The number of amides is 2. The van der Waals surface area contributed by atoms with Gasteiger partial charge in [-0.3, -0.25) is 14.5 Å². The number of carbonyl (C=O) groups is 2. The molecule has 2 aliphatic rings. The van der Waals surface area contributed by atoms with Gasteiger partial charge in [0.2, 0.25) is 17.6 Å². The quantitative estimate of drug-likeness (QED) is 0.776. The molecule has 1 aromatic carbocycles. The molecule has 136 valence electrons. The number of aromatic nitrogens is 2. The number of carbonyl (C=O) groups excluding carboxylic acids is 2. The Labute approximate surface area is 146 Å². The summed E-state index contributed by atoms with van der Waals surface area (Å²) < 4.78 is 41.9. The van der Waals surface area contributed by atoms with Gasteiger partial charge in [0.15, 0.2) is 0 Å². The van der Waals surface area contributed by atoms with Crippen LogP contribution in [0.3, 0.4) is 0 Å². The number of benzene rings is 1. The lowest BCUT2D eigenvalue weighted by molar-refractivity contribution is -0.159. The first-order valence-corrected chi connectivity index (χ1v) is 8.24. The van der Waals surface area contributed by atoms with Crippen molar-refractivity contribution >= 4 is 17.5 Å². The number of imide groups is 1. The van der Waals surface area contributed by atoms with E-state index in [0.717, 1.165) is 25.7 Å². The summed E-state index contributed by atoms with van der Waals surface area (Å²) in [6.07, 6.45) is -1.62. The summed E-state index contributed by atoms with van der Waals surface area (Å²) in [6, 6.07) is 5.96. The van der Waals surface area contributed by atoms with Crippen LogP contribution >= 0.6 is 0 Å². The highest BCUT2D eigenvalue weighted by Crippen LogP contribution is 2.38. The number of nitrogens with zero attached hydrogens (tertiary/aromatic N) is 3. The van der Waals surface area contributed by atoms with Crippen molar-refractivity contribution in [3.05, 3.63) is 30.2 Å². The molecule has 2 saturated carbocycles. The molecule has 4 rings (SSSR count). The van der Waals surface area contributed by atoms with E-state index in [1.807, 2.05) is 0 Å². The van der Waals surface area contributed by atoms with Crippen LogP contribution < -0.4 is 4.90 Å². The fourth-order valence-corrected chi connectivity index (χ4v) is 2.60. The van der Waals surface area contributed by atoms with Gasteiger partial charge in [0.05, 0.1) is 5.69 Å². The summed E-state index contributed by atoms with van der Waals surface area (Å²) >= 11 is 0. The van der Waals surface area contributed by atoms with E-state index in [1.54, 1.807) is 0 Å². The van der Waals surface area contributed by atoms with Crippen molar-refractivity contribution in [3.8, 4) is 11.4 Å². The second kappa shape index (κ2) is 5.93. The van der Waals surface area contributed by atoms with Crippen LogP contribution in [-0.4, -0.2) is 22.0 Å². The van der Waals surface area contributed by atoms with E-state index < -0.39 is 12.1 Å². The van der Waals surface area contributed by atoms with Gasteiger partial charge in [-0.2, -0.15) is 18.2 Å². The Hall–Kier alpha value is -2.71. The van der Waals surface area contributed by atoms with E-state index in [4.69, 9.17) is 0 Å². The first-order valence-electron chi connectivity index (χ1n) is 8.24. The van der Waals surface area contributed by atoms with Gasteiger partial charge in [-0.25, -0.2) is 0 Å². The van der Waals surface area contributed by atoms with E-state index >= 15 is 0 Å². The predicted molar refractivity (Wildman–Crippen MR) is 82.7 cm³/mol. The molecule has 26 heavy (non-hydrogen) atoms. The number of rotatable bonds is 4. The highest BCUT2D eigenvalue weighted by molar-refractivity contribution is 6.17. The average Bonchev–Trinajstić information content (AvgIpc) is 3.52. The molecule has 0 saturated heterocycles. The molecule has 2 aromatic rings. The lowest BCUT2D eigenvalue weighted by Gasteiger charge is -2.21. The van der Waals surface area contributed by atoms with Crippen LogP contribution in [-0.2, 0) is 15.8 Å². The molecule has 0 atom stereocenters. The molecule has 0 radical (unpaired) electrons. The van der Waals surface area contributed by atoms with E-state index in [1.165, 1.54) is 29.2 Å². The molecule has 2 amide bonds. The fraction of sp³-hybridized carbons (Fsp3) is 0.412. The fourth-order valence-electron chi connectivity index (χ4n) is 2.60. The number of anilines is 1. The monoisotopic (exact) mass is 365 g/mol. The van der Waals surface area contributed by atoms with E-state index in [2.05, 4.69) is 14.7 Å². The molecule has 0 unspecified atom stereocenters. The first-order chi connectivity index (χ1) is 12.3. The van der Waals surface area contributed by atoms with Gasteiger partial charge >= 0.3 is 12.1 Å². The topological polar surface area (TPSA) is 76.3 Å². The minimum absolute atomic E-state index is 0.121. The standard InChI is InChI=1S/C17H14F3N3O3/c18-17(19,20)16-21-13(22-26-16)9-5-7-12(8-6-9)23(14(24)10-1-2-10)15(25)11-3-4-11/h5-8,10-11H,1-4H2. The molecule has 0 N–H and O–H groups in total. The zero-order valence-electron chi connectivity index (χ0n) is 13.5. The largest absolute Gasteiger partial charge is 0.471 e. The Morgan fingerprint density at radius 3 is 1.96 bits per heavy atom. The normalized spacial score (nSPS) is 17.2. The summed E-state index contributed by atoms with van der Waals surface area (Å²) in [4.78, 5) is 29.5. The maximum atomic E-state index is 12.5. The van der Waals surface area contributed by atoms with Crippen molar-refractivity contribution in [1.82, 2.24) is 10.1 Å². The lowest BCUT2D eigenvalue weighted by atomic mass is 10.1.